The van der Waals surface area contributed by atoms with Crippen LogP contribution in [0.4, 0.5) is 5.95 Å². The van der Waals surface area contributed by atoms with Gasteiger partial charge in [-0.25, -0.2) is 9.97 Å². The Labute approximate surface area is 198 Å². The topological polar surface area (TPSA) is 109 Å². The number of nitrogens with zero attached hydrogens (tertiary/aromatic N) is 4. The van der Waals surface area contributed by atoms with Crippen LogP contribution in [0.5, 0.6) is 17.2 Å². The molecular formula is C25H30N6O3. The number of fused-ring (bicyclic) bond motifs is 3. The molecule has 0 bridgehead atoms. The summed E-state index contributed by atoms with van der Waals surface area (Å²) in [5.74, 6) is 4.12. The first-order valence-electron chi connectivity index (χ1n) is 11.5. The van der Waals surface area contributed by atoms with Crippen molar-refractivity contribution in [3.63, 3.8) is 0 Å². The van der Waals surface area contributed by atoms with Gasteiger partial charge in [0.05, 0.1) is 26.8 Å². The maximum absolute atomic E-state index is 6.39. The predicted octanol–water partition coefficient (Wildman–Crippen LogP) is 3.19. The van der Waals surface area contributed by atoms with E-state index >= 15 is 0 Å². The standard InChI is InChI=1S/C25H30N6O3/c1-14-9-16(13-27-12-14)23-29-24-18-7-8-20(33-3)19(22(18)28-25(26)31(24)30-23)10-15-5-6-17(32-2)11-21(15)34-4/h5-8,11,14,16,27H,9-10,12-13H2,1-4H3,(H2,26,28). The Kier molecular flexibility index (Phi) is 5.87. The Bertz CT molecular complexity index is 1350. The highest BCUT2D eigenvalue weighted by molar-refractivity contribution is 5.95. The lowest BCUT2D eigenvalue weighted by atomic mass is 9.91. The Hall–Kier alpha value is -3.59. The van der Waals surface area contributed by atoms with Crippen LogP contribution in [0.2, 0.25) is 0 Å². The highest BCUT2D eigenvalue weighted by Gasteiger charge is 2.25. The van der Waals surface area contributed by atoms with Gasteiger partial charge in [0, 0.05) is 35.9 Å². The molecular weight excluding hydrogens is 432 g/mol. The Morgan fingerprint density at radius 1 is 1.03 bits per heavy atom. The molecule has 0 aliphatic carbocycles. The summed E-state index contributed by atoms with van der Waals surface area (Å²) in [6, 6.07) is 9.70. The van der Waals surface area contributed by atoms with Crippen molar-refractivity contribution in [2.24, 2.45) is 5.92 Å². The van der Waals surface area contributed by atoms with Gasteiger partial charge in [0.1, 0.15) is 17.2 Å². The lowest BCUT2D eigenvalue weighted by molar-refractivity contribution is 0.355. The largest absolute Gasteiger partial charge is 0.497 e. The Morgan fingerprint density at radius 2 is 1.85 bits per heavy atom. The van der Waals surface area contributed by atoms with E-state index in [2.05, 4.69) is 12.2 Å². The Morgan fingerprint density at radius 3 is 2.59 bits per heavy atom. The summed E-state index contributed by atoms with van der Waals surface area (Å²) in [5, 5.41) is 9.09. The highest BCUT2D eigenvalue weighted by Crippen LogP contribution is 2.35. The molecule has 178 valence electrons. The van der Waals surface area contributed by atoms with Gasteiger partial charge in [0.15, 0.2) is 11.5 Å². The maximum atomic E-state index is 6.39. The molecule has 3 heterocycles. The summed E-state index contributed by atoms with van der Waals surface area (Å²) in [6.07, 6.45) is 1.59. The lowest BCUT2D eigenvalue weighted by Crippen LogP contribution is -2.34. The molecule has 1 fully saturated rings. The molecule has 1 aliphatic heterocycles. The fraction of sp³-hybridized carbons (Fsp3) is 0.400. The SMILES string of the molecule is COc1ccc(Cc2c(OC)ccc3c2nc(N)n2nc(C4CNCC(C)C4)nc32)c(OC)c1. The normalized spacial score (nSPS) is 18.4. The predicted molar refractivity (Wildman–Crippen MR) is 131 cm³/mol. The average molecular weight is 463 g/mol. The van der Waals surface area contributed by atoms with Crippen LogP contribution in [0.3, 0.4) is 0 Å². The van der Waals surface area contributed by atoms with Gasteiger partial charge >= 0.3 is 0 Å². The van der Waals surface area contributed by atoms with Crippen molar-refractivity contribution in [1.29, 1.82) is 0 Å². The molecule has 3 N–H and O–H groups in total. The molecule has 9 heteroatoms. The molecule has 1 aliphatic rings. The van der Waals surface area contributed by atoms with Gasteiger partial charge in [-0.05, 0) is 42.6 Å². The highest BCUT2D eigenvalue weighted by atomic mass is 16.5. The molecule has 34 heavy (non-hydrogen) atoms. The third kappa shape index (κ3) is 3.86. The first kappa shape index (κ1) is 22.2. The van der Waals surface area contributed by atoms with Crippen molar-refractivity contribution in [3.8, 4) is 17.2 Å². The number of aromatic nitrogens is 4. The number of rotatable bonds is 6. The van der Waals surface area contributed by atoms with Gasteiger partial charge in [-0.3, -0.25) is 0 Å². The number of nitrogens with one attached hydrogen (secondary N) is 1. The van der Waals surface area contributed by atoms with E-state index in [1.54, 1.807) is 25.8 Å². The summed E-state index contributed by atoms with van der Waals surface area (Å²) in [4.78, 5) is 9.68. The van der Waals surface area contributed by atoms with Gasteiger partial charge in [-0.15, -0.1) is 5.10 Å². The van der Waals surface area contributed by atoms with E-state index in [0.29, 0.717) is 23.9 Å². The second-order valence-corrected chi connectivity index (χ2v) is 8.87. The first-order chi connectivity index (χ1) is 16.5. The maximum Gasteiger partial charge on any atom is 0.223 e. The van der Waals surface area contributed by atoms with Crippen LogP contribution in [0.25, 0.3) is 16.6 Å². The number of benzene rings is 2. The quantitative estimate of drug-likeness (QED) is 0.450. The monoisotopic (exact) mass is 462 g/mol. The molecule has 4 aromatic rings. The number of hydrogen-bond donors (Lipinski definition) is 2. The van der Waals surface area contributed by atoms with Crippen LogP contribution in [0.1, 0.15) is 36.2 Å². The third-order valence-electron chi connectivity index (χ3n) is 6.56. The number of nitrogens with two attached hydrogens (primary N) is 1. The summed E-state index contributed by atoms with van der Waals surface area (Å²) < 4.78 is 18.3. The van der Waals surface area contributed by atoms with Crippen LogP contribution in [-0.4, -0.2) is 54.0 Å². The number of piperidine rings is 1. The fourth-order valence-corrected chi connectivity index (χ4v) is 4.83. The number of hydrogen-bond acceptors (Lipinski definition) is 8. The van der Waals surface area contributed by atoms with Crippen molar-refractivity contribution < 1.29 is 14.2 Å². The summed E-state index contributed by atoms with van der Waals surface area (Å²) in [7, 11) is 4.94. The van der Waals surface area contributed by atoms with E-state index in [1.807, 2.05) is 30.3 Å². The number of anilines is 1. The molecule has 0 saturated carbocycles. The molecule has 0 amide bonds. The number of methoxy groups -OCH3 is 3. The average Bonchev–Trinajstić information content (AvgIpc) is 3.31. The van der Waals surface area contributed by atoms with Crippen LogP contribution in [-0.2, 0) is 6.42 Å². The van der Waals surface area contributed by atoms with Crippen molar-refractivity contribution in [3.05, 3.63) is 47.3 Å². The first-order valence-corrected chi connectivity index (χ1v) is 11.5. The number of nitrogen functional groups attached to an aromatic ring is 1. The molecule has 1 saturated heterocycles. The summed E-state index contributed by atoms with van der Waals surface area (Å²) >= 11 is 0. The molecule has 2 aromatic carbocycles. The second kappa shape index (κ2) is 8.98. The summed E-state index contributed by atoms with van der Waals surface area (Å²) in [5.41, 5.74) is 9.75. The minimum atomic E-state index is 0.249. The second-order valence-electron chi connectivity index (χ2n) is 8.87. The molecule has 5 rings (SSSR count). The smallest absolute Gasteiger partial charge is 0.223 e. The third-order valence-corrected chi connectivity index (χ3v) is 6.56. The zero-order valence-corrected chi connectivity index (χ0v) is 20.0. The van der Waals surface area contributed by atoms with Gasteiger partial charge < -0.3 is 25.3 Å². The van der Waals surface area contributed by atoms with E-state index < -0.39 is 0 Å². The van der Waals surface area contributed by atoms with Crippen LogP contribution in [0.15, 0.2) is 30.3 Å². The van der Waals surface area contributed by atoms with E-state index in [4.69, 9.17) is 35.0 Å². The molecule has 2 aromatic heterocycles. The molecule has 9 nitrogen and oxygen atoms in total. The zero-order chi connectivity index (χ0) is 23.8. The lowest BCUT2D eigenvalue weighted by Gasteiger charge is -2.25. The molecule has 0 spiro atoms. The van der Waals surface area contributed by atoms with Crippen molar-refractivity contribution in [2.75, 3.05) is 40.2 Å². The van der Waals surface area contributed by atoms with E-state index in [9.17, 15) is 0 Å². The van der Waals surface area contributed by atoms with Crippen molar-refractivity contribution in [1.82, 2.24) is 24.9 Å². The van der Waals surface area contributed by atoms with Gasteiger partial charge in [0.2, 0.25) is 5.95 Å². The minimum Gasteiger partial charge on any atom is -0.497 e. The van der Waals surface area contributed by atoms with E-state index in [-0.39, 0.29) is 5.92 Å². The molecule has 2 atom stereocenters. The van der Waals surface area contributed by atoms with Gasteiger partial charge in [-0.1, -0.05) is 13.0 Å². The van der Waals surface area contributed by atoms with Gasteiger partial charge in [0.25, 0.3) is 0 Å². The van der Waals surface area contributed by atoms with Crippen LogP contribution in [0, 0.1) is 5.92 Å². The van der Waals surface area contributed by atoms with Crippen LogP contribution >= 0.6 is 0 Å². The summed E-state index contributed by atoms with van der Waals surface area (Å²) in [6.45, 7) is 4.13. The van der Waals surface area contributed by atoms with E-state index in [0.717, 1.165) is 64.6 Å². The minimum absolute atomic E-state index is 0.249. The van der Waals surface area contributed by atoms with Crippen LogP contribution < -0.4 is 25.3 Å². The Balaban J connectivity index is 1.65. The molecule has 0 radical (unpaired) electrons. The molecule has 2 unspecified atom stereocenters. The zero-order valence-electron chi connectivity index (χ0n) is 20.0. The van der Waals surface area contributed by atoms with Crippen molar-refractivity contribution in [2.45, 2.75) is 25.7 Å². The number of ether oxygens (including phenoxy) is 3. The fourth-order valence-electron chi connectivity index (χ4n) is 4.83. The van der Waals surface area contributed by atoms with E-state index in [1.165, 1.54) is 0 Å². The van der Waals surface area contributed by atoms with Gasteiger partial charge in [-0.2, -0.15) is 4.52 Å². The van der Waals surface area contributed by atoms with Crippen molar-refractivity contribution >= 4 is 22.5 Å².